The Morgan fingerprint density at radius 1 is 0.565 bits per heavy atom. The molecule has 0 saturated heterocycles. The van der Waals surface area contributed by atoms with Gasteiger partial charge < -0.3 is 10.2 Å². The quantitative estimate of drug-likeness (QED) is 0.661. The minimum Gasteiger partial charge on any atom is -0.872 e. The molecular weight excluding hydrogens is 338 g/mol. The fourth-order valence-corrected chi connectivity index (χ4v) is 2.17. The predicted molar refractivity (Wildman–Crippen MR) is 89.2 cm³/mol. The minimum atomic E-state index is -0.0294. The van der Waals surface area contributed by atoms with E-state index in [2.05, 4.69) is 0 Å². The molecule has 0 aliphatic heterocycles. The summed E-state index contributed by atoms with van der Waals surface area (Å²) in [6.07, 6.45) is 0. The van der Waals surface area contributed by atoms with E-state index in [-0.39, 0.29) is 41.8 Å². The molecular formula is C20H26O2Zn. The molecule has 0 aliphatic rings. The molecule has 2 aromatic carbocycles. The molecule has 0 fully saturated rings. The first-order chi connectivity index (χ1) is 10.0. The van der Waals surface area contributed by atoms with E-state index >= 15 is 0 Å². The van der Waals surface area contributed by atoms with Crippen molar-refractivity contribution in [2.75, 3.05) is 0 Å². The normalized spacial score (nSPS) is 11.0. The Balaban J connectivity index is 0.000000403. The summed E-state index contributed by atoms with van der Waals surface area (Å²) in [6.45, 7) is 12.3. The topological polar surface area (TPSA) is 46.1 Å². The molecule has 0 N–H and O–H groups in total. The van der Waals surface area contributed by atoms with Crippen molar-refractivity contribution in [1.29, 1.82) is 0 Å². The van der Waals surface area contributed by atoms with Gasteiger partial charge in [-0.25, -0.2) is 0 Å². The van der Waals surface area contributed by atoms with E-state index in [4.69, 9.17) is 0 Å². The van der Waals surface area contributed by atoms with E-state index in [9.17, 15) is 10.2 Å². The average molecular weight is 364 g/mol. The smallest absolute Gasteiger partial charge is 0.872 e. The van der Waals surface area contributed by atoms with Crippen molar-refractivity contribution >= 4 is 0 Å². The second-order valence-electron chi connectivity index (χ2n) is 7.49. The Bertz CT molecular complexity index is 552. The van der Waals surface area contributed by atoms with Gasteiger partial charge in [0.1, 0.15) is 0 Å². The number of rotatable bonds is 0. The molecule has 0 atom stereocenters. The second-order valence-corrected chi connectivity index (χ2v) is 7.49. The van der Waals surface area contributed by atoms with Gasteiger partial charge >= 0.3 is 19.5 Å². The van der Waals surface area contributed by atoms with Crippen LogP contribution in [-0.2, 0) is 30.3 Å². The Morgan fingerprint density at radius 2 is 0.826 bits per heavy atom. The molecule has 2 aromatic rings. The third-order valence-corrected chi connectivity index (χ3v) is 3.39. The summed E-state index contributed by atoms with van der Waals surface area (Å²) < 4.78 is 0. The van der Waals surface area contributed by atoms with E-state index in [1.807, 2.05) is 65.8 Å². The summed E-state index contributed by atoms with van der Waals surface area (Å²) in [4.78, 5) is 0. The maximum Gasteiger partial charge on any atom is 2.00 e. The minimum absolute atomic E-state index is 0. The summed E-state index contributed by atoms with van der Waals surface area (Å²) in [6, 6.07) is 14.4. The van der Waals surface area contributed by atoms with Gasteiger partial charge in [0.25, 0.3) is 0 Å². The van der Waals surface area contributed by atoms with Crippen LogP contribution in [-0.4, -0.2) is 0 Å². The number of hydrogen-bond donors (Lipinski definition) is 0. The van der Waals surface area contributed by atoms with Gasteiger partial charge in [-0.15, -0.1) is 11.5 Å². The van der Waals surface area contributed by atoms with Crippen LogP contribution in [0, 0.1) is 0 Å². The van der Waals surface area contributed by atoms with Crippen molar-refractivity contribution in [2.45, 2.75) is 52.4 Å². The van der Waals surface area contributed by atoms with E-state index in [1.54, 1.807) is 24.3 Å². The van der Waals surface area contributed by atoms with Crippen LogP contribution >= 0.6 is 0 Å². The molecule has 0 heterocycles. The van der Waals surface area contributed by atoms with Crippen LogP contribution in [0.25, 0.3) is 0 Å². The van der Waals surface area contributed by atoms with Crippen LogP contribution in [0.1, 0.15) is 52.7 Å². The molecule has 2 nitrogen and oxygen atoms in total. The van der Waals surface area contributed by atoms with E-state index < -0.39 is 0 Å². The molecule has 0 unspecified atom stereocenters. The molecule has 0 bridgehead atoms. The van der Waals surface area contributed by atoms with Crippen LogP contribution in [0.3, 0.4) is 0 Å². The number of hydrogen-bond acceptors (Lipinski definition) is 2. The predicted octanol–water partition coefficient (Wildman–Crippen LogP) is 4.11. The van der Waals surface area contributed by atoms with Crippen molar-refractivity contribution in [1.82, 2.24) is 0 Å². The third kappa shape index (κ3) is 6.75. The van der Waals surface area contributed by atoms with Crippen LogP contribution in [0.4, 0.5) is 0 Å². The van der Waals surface area contributed by atoms with Crippen LogP contribution in [0.5, 0.6) is 11.5 Å². The van der Waals surface area contributed by atoms with Crippen LogP contribution in [0.15, 0.2) is 48.5 Å². The van der Waals surface area contributed by atoms with Gasteiger partial charge in [0.15, 0.2) is 0 Å². The summed E-state index contributed by atoms with van der Waals surface area (Å²) >= 11 is 0. The summed E-state index contributed by atoms with van der Waals surface area (Å²) in [7, 11) is 0. The monoisotopic (exact) mass is 362 g/mol. The van der Waals surface area contributed by atoms with E-state index in [0.29, 0.717) is 0 Å². The van der Waals surface area contributed by atoms with Gasteiger partial charge in [-0.3, -0.25) is 0 Å². The van der Waals surface area contributed by atoms with Crippen molar-refractivity contribution < 1.29 is 29.7 Å². The van der Waals surface area contributed by atoms with Gasteiger partial charge in [-0.2, -0.15) is 0 Å². The fraction of sp³-hybridized carbons (Fsp3) is 0.400. The van der Waals surface area contributed by atoms with E-state index in [1.165, 1.54) is 0 Å². The van der Waals surface area contributed by atoms with Crippen molar-refractivity contribution in [3.63, 3.8) is 0 Å². The van der Waals surface area contributed by atoms with E-state index in [0.717, 1.165) is 11.1 Å². The summed E-state index contributed by atoms with van der Waals surface area (Å²) in [5, 5.41) is 22.5. The number of para-hydroxylation sites is 2. The Labute approximate surface area is 153 Å². The Hall–Kier alpha value is -1.34. The van der Waals surface area contributed by atoms with Gasteiger partial charge in [0.2, 0.25) is 0 Å². The molecule has 0 spiro atoms. The first kappa shape index (κ1) is 21.7. The fourth-order valence-electron chi connectivity index (χ4n) is 2.17. The van der Waals surface area contributed by atoms with Crippen molar-refractivity contribution in [2.24, 2.45) is 0 Å². The maximum atomic E-state index is 11.3. The summed E-state index contributed by atoms with van der Waals surface area (Å²) in [5.41, 5.74) is 1.72. The third-order valence-electron chi connectivity index (χ3n) is 3.39. The molecule has 3 heteroatoms. The van der Waals surface area contributed by atoms with Crippen LogP contribution < -0.4 is 10.2 Å². The van der Waals surface area contributed by atoms with Gasteiger partial charge in [-0.05, 0) is 10.8 Å². The molecule has 0 aromatic heterocycles. The first-order valence-corrected chi connectivity index (χ1v) is 7.56. The van der Waals surface area contributed by atoms with Gasteiger partial charge in [0.05, 0.1) is 0 Å². The first-order valence-electron chi connectivity index (χ1n) is 7.56. The van der Waals surface area contributed by atoms with Gasteiger partial charge in [-0.1, -0.05) is 101 Å². The zero-order valence-electron chi connectivity index (χ0n) is 15.1. The Morgan fingerprint density at radius 3 is 1.00 bits per heavy atom. The second kappa shape index (κ2) is 8.50. The zero-order chi connectivity index (χ0) is 17.0. The molecule has 23 heavy (non-hydrogen) atoms. The standard InChI is InChI=1S/2C10H14O.Zn/c2*1-10(2,3)8-6-4-5-7-9(8)11;/h2*4-7,11H,1-3H3;/q;;+2/p-2. The molecule has 0 radical (unpaired) electrons. The molecule has 0 amide bonds. The molecule has 0 saturated carbocycles. The van der Waals surface area contributed by atoms with Gasteiger partial charge in [0, 0.05) is 0 Å². The van der Waals surface area contributed by atoms with Crippen molar-refractivity contribution in [3.05, 3.63) is 59.7 Å². The molecule has 2 rings (SSSR count). The average Bonchev–Trinajstić information content (AvgIpc) is 2.37. The summed E-state index contributed by atoms with van der Waals surface area (Å²) in [5.74, 6) is 0.278. The Kier molecular flexibility index (Phi) is 8.00. The van der Waals surface area contributed by atoms with Crippen LogP contribution in [0.2, 0.25) is 0 Å². The molecule has 120 valence electrons. The maximum absolute atomic E-state index is 11.3. The zero-order valence-corrected chi connectivity index (χ0v) is 18.1. The number of benzene rings is 2. The largest absolute Gasteiger partial charge is 2.00 e. The van der Waals surface area contributed by atoms with Crippen molar-refractivity contribution in [3.8, 4) is 11.5 Å². The SMILES string of the molecule is CC(C)(C)c1ccccc1[O-].CC(C)(C)c1ccccc1[O-].[Zn+2]. The molecule has 0 aliphatic carbocycles.